The Morgan fingerprint density at radius 3 is 2.92 bits per heavy atom. The molecule has 0 radical (unpaired) electrons. The maximum Gasteiger partial charge on any atom is 0.346 e. The van der Waals surface area contributed by atoms with Gasteiger partial charge in [0.2, 0.25) is 12.0 Å². The number of carbonyl (C=O) groups is 1. The number of aromatic nitrogens is 1. The minimum Gasteiger partial charge on any atom is -0.478 e. The molecule has 0 aliphatic rings. The highest BCUT2D eigenvalue weighted by atomic mass is 35.5. The predicted octanol–water partition coefficient (Wildman–Crippen LogP) is 1.15. The standard InChI is InChI=1S/C8H8ClNO3/c9-5-6(8(11)12)13-7-3-1-2-4-10-7/h1-4,6H,5H2,(H,11,12). The number of rotatable bonds is 4. The molecule has 1 N–H and O–H groups in total. The van der Waals surface area contributed by atoms with Crippen LogP contribution in [0.3, 0.4) is 0 Å². The van der Waals surface area contributed by atoms with Gasteiger partial charge in [-0.15, -0.1) is 11.6 Å². The average molecular weight is 202 g/mol. The Balaban J connectivity index is 2.62. The smallest absolute Gasteiger partial charge is 0.346 e. The van der Waals surface area contributed by atoms with Crippen molar-refractivity contribution in [3.8, 4) is 5.88 Å². The van der Waals surface area contributed by atoms with Crippen molar-refractivity contribution in [1.82, 2.24) is 4.98 Å². The van der Waals surface area contributed by atoms with Crippen molar-refractivity contribution in [2.75, 3.05) is 5.88 Å². The normalized spacial score (nSPS) is 12.1. The summed E-state index contributed by atoms with van der Waals surface area (Å²) < 4.78 is 4.98. The topological polar surface area (TPSA) is 59.4 Å². The lowest BCUT2D eigenvalue weighted by atomic mass is 10.4. The molecule has 1 atom stereocenters. The molecule has 0 amide bonds. The molecule has 0 saturated carbocycles. The van der Waals surface area contributed by atoms with Gasteiger partial charge in [0.1, 0.15) is 0 Å². The van der Waals surface area contributed by atoms with E-state index in [2.05, 4.69) is 4.98 Å². The molecule has 0 saturated heterocycles. The van der Waals surface area contributed by atoms with E-state index in [1.165, 1.54) is 6.20 Å². The number of alkyl halides is 1. The van der Waals surface area contributed by atoms with E-state index in [9.17, 15) is 4.79 Å². The van der Waals surface area contributed by atoms with Gasteiger partial charge in [-0.3, -0.25) is 0 Å². The van der Waals surface area contributed by atoms with Crippen molar-refractivity contribution >= 4 is 17.6 Å². The molecule has 1 aromatic heterocycles. The molecule has 70 valence electrons. The van der Waals surface area contributed by atoms with E-state index >= 15 is 0 Å². The lowest BCUT2D eigenvalue weighted by Crippen LogP contribution is -2.28. The van der Waals surface area contributed by atoms with Crippen LogP contribution in [0.25, 0.3) is 0 Å². The minimum atomic E-state index is -1.10. The Morgan fingerprint density at radius 2 is 2.46 bits per heavy atom. The number of hydrogen-bond donors (Lipinski definition) is 1. The summed E-state index contributed by atoms with van der Waals surface area (Å²) >= 11 is 5.38. The molecule has 1 rings (SSSR count). The lowest BCUT2D eigenvalue weighted by molar-refractivity contribution is -0.144. The second kappa shape index (κ2) is 4.67. The van der Waals surface area contributed by atoms with Gasteiger partial charge in [-0.25, -0.2) is 9.78 Å². The van der Waals surface area contributed by atoms with E-state index in [0.29, 0.717) is 0 Å². The molecule has 0 bridgehead atoms. The van der Waals surface area contributed by atoms with E-state index in [1.54, 1.807) is 18.2 Å². The Kier molecular flexibility index (Phi) is 3.52. The molecule has 0 aliphatic carbocycles. The zero-order chi connectivity index (χ0) is 9.68. The highest BCUT2D eigenvalue weighted by Crippen LogP contribution is 2.07. The third-order valence-electron chi connectivity index (χ3n) is 1.32. The quantitative estimate of drug-likeness (QED) is 0.743. The lowest BCUT2D eigenvalue weighted by Gasteiger charge is -2.10. The third kappa shape index (κ3) is 2.91. The number of pyridine rings is 1. The Morgan fingerprint density at radius 1 is 1.69 bits per heavy atom. The number of ether oxygens (including phenoxy) is 1. The van der Waals surface area contributed by atoms with Gasteiger partial charge >= 0.3 is 5.97 Å². The van der Waals surface area contributed by atoms with E-state index in [4.69, 9.17) is 21.4 Å². The number of nitrogens with zero attached hydrogens (tertiary/aromatic N) is 1. The first kappa shape index (κ1) is 9.80. The van der Waals surface area contributed by atoms with E-state index in [0.717, 1.165) is 0 Å². The van der Waals surface area contributed by atoms with Gasteiger partial charge < -0.3 is 9.84 Å². The van der Waals surface area contributed by atoms with Crippen molar-refractivity contribution in [1.29, 1.82) is 0 Å². The minimum absolute atomic E-state index is 0.105. The Bertz CT molecular complexity index is 278. The summed E-state index contributed by atoms with van der Waals surface area (Å²) in [7, 11) is 0. The molecule has 1 unspecified atom stereocenters. The second-order valence-corrected chi connectivity index (χ2v) is 2.58. The van der Waals surface area contributed by atoms with Crippen LogP contribution in [0.1, 0.15) is 0 Å². The van der Waals surface area contributed by atoms with Crippen LogP contribution in [0.5, 0.6) is 5.88 Å². The summed E-state index contributed by atoms with van der Waals surface area (Å²) in [5.74, 6) is -0.942. The van der Waals surface area contributed by atoms with Gasteiger partial charge in [0.15, 0.2) is 0 Å². The molecule has 4 nitrogen and oxygen atoms in total. The molecule has 0 fully saturated rings. The first-order valence-corrected chi connectivity index (χ1v) is 4.14. The zero-order valence-corrected chi connectivity index (χ0v) is 7.44. The SMILES string of the molecule is O=C(O)C(CCl)Oc1ccccn1. The van der Waals surface area contributed by atoms with Crippen LogP contribution < -0.4 is 4.74 Å². The van der Waals surface area contributed by atoms with Crippen molar-refractivity contribution < 1.29 is 14.6 Å². The summed E-state index contributed by atoms with van der Waals surface area (Å²) in [5, 5.41) is 8.60. The highest BCUT2D eigenvalue weighted by molar-refractivity contribution is 6.19. The maximum absolute atomic E-state index is 10.5. The fourth-order valence-corrected chi connectivity index (χ4v) is 0.905. The highest BCUT2D eigenvalue weighted by Gasteiger charge is 2.17. The molecule has 1 aromatic rings. The van der Waals surface area contributed by atoms with Crippen LogP contribution in [0.4, 0.5) is 0 Å². The Hall–Kier alpha value is -1.29. The first-order chi connectivity index (χ1) is 6.24. The van der Waals surface area contributed by atoms with Gasteiger partial charge in [0, 0.05) is 12.3 Å². The Labute approximate surface area is 80.1 Å². The predicted molar refractivity (Wildman–Crippen MR) is 47.0 cm³/mol. The van der Waals surface area contributed by atoms with Crippen molar-refractivity contribution in [2.24, 2.45) is 0 Å². The number of aliphatic carboxylic acids is 1. The largest absolute Gasteiger partial charge is 0.478 e. The van der Waals surface area contributed by atoms with Crippen LogP contribution in [0.15, 0.2) is 24.4 Å². The molecule has 0 aromatic carbocycles. The van der Waals surface area contributed by atoms with Gasteiger partial charge in [-0.05, 0) is 6.07 Å². The average Bonchev–Trinajstić information content (AvgIpc) is 2.15. The molecule has 0 aliphatic heterocycles. The number of hydrogen-bond acceptors (Lipinski definition) is 3. The maximum atomic E-state index is 10.5. The third-order valence-corrected chi connectivity index (χ3v) is 1.60. The van der Waals surface area contributed by atoms with Crippen LogP contribution in [0.2, 0.25) is 0 Å². The van der Waals surface area contributed by atoms with Gasteiger partial charge in [0.25, 0.3) is 0 Å². The van der Waals surface area contributed by atoms with Crippen LogP contribution in [-0.2, 0) is 4.79 Å². The van der Waals surface area contributed by atoms with Gasteiger partial charge in [-0.1, -0.05) is 6.07 Å². The zero-order valence-electron chi connectivity index (χ0n) is 6.68. The first-order valence-electron chi connectivity index (χ1n) is 3.60. The molecular weight excluding hydrogens is 194 g/mol. The summed E-state index contributed by atoms with van der Waals surface area (Å²) in [5.41, 5.74) is 0. The van der Waals surface area contributed by atoms with E-state index in [-0.39, 0.29) is 11.8 Å². The summed E-state index contributed by atoms with van der Waals surface area (Å²) in [6.45, 7) is 0. The molecular formula is C8H8ClNO3. The number of carboxylic acid groups (broad SMARTS) is 1. The monoisotopic (exact) mass is 201 g/mol. The number of carboxylic acids is 1. The van der Waals surface area contributed by atoms with Crippen LogP contribution >= 0.6 is 11.6 Å². The fraction of sp³-hybridized carbons (Fsp3) is 0.250. The van der Waals surface area contributed by atoms with Crippen molar-refractivity contribution in [3.63, 3.8) is 0 Å². The molecule has 1 heterocycles. The van der Waals surface area contributed by atoms with Gasteiger partial charge in [-0.2, -0.15) is 0 Å². The van der Waals surface area contributed by atoms with Crippen molar-refractivity contribution in [2.45, 2.75) is 6.10 Å². The fourth-order valence-electron chi connectivity index (χ4n) is 0.710. The van der Waals surface area contributed by atoms with Crippen LogP contribution in [0, 0.1) is 0 Å². The molecule has 5 heteroatoms. The van der Waals surface area contributed by atoms with Crippen LogP contribution in [-0.4, -0.2) is 28.0 Å². The summed E-state index contributed by atoms with van der Waals surface area (Å²) in [4.78, 5) is 14.3. The molecule has 13 heavy (non-hydrogen) atoms. The second-order valence-electron chi connectivity index (χ2n) is 2.27. The molecule has 0 spiro atoms. The van der Waals surface area contributed by atoms with E-state index < -0.39 is 12.1 Å². The van der Waals surface area contributed by atoms with Crippen molar-refractivity contribution in [3.05, 3.63) is 24.4 Å². The summed E-state index contributed by atoms with van der Waals surface area (Å²) in [6.07, 6.45) is 0.471. The van der Waals surface area contributed by atoms with Gasteiger partial charge in [0.05, 0.1) is 5.88 Å². The number of halogens is 1. The summed E-state index contributed by atoms with van der Waals surface area (Å²) in [6, 6.07) is 4.99. The van der Waals surface area contributed by atoms with E-state index in [1.807, 2.05) is 0 Å².